The largest absolute Gasteiger partial charge is 0.313 e. The van der Waals surface area contributed by atoms with Crippen LogP contribution >= 0.6 is 24.8 Å². The third-order valence-electron chi connectivity index (χ3n) is 3.56. The zero-order valence-corrected chi connectivity index (χ0v) is 10.9. The lowest BCUT2D eigenvalue weighted by Gasteiger charge is -2.52. The van der Waals surface area contributed by atoms with Gasteiger partial charge in [-0.05, 0) is 40.2 Å². The van der Waals surface area contributed by atoms with Crippen molar-refractivity contribution >= 4 is 24.8 Å². The summed E-state index contributed by atoms with van der Waals surface area (Å²) in [6.45, 7) is 10.8. The van der Waals surface area contributed by atoms with Gasteiger partial charge in [-0.25, -0.2) is 0 Å². The van der Waals surface area contributed by atoms with Crippen molar-refractivity contribution in [1.82, 2.24) is 10.2 Å². The van der Waals surface area contributed by atoms with Crippen LogP contribution in [0.2, 0.25) is 0 Å². The summed E-state index contributed by atoms with van der Waals surface area (Å²) < 4.78 is 0. The van der Waals surface area contributed by atoms with Gasteiger partial charge in [-0.2, -0.15) is 0 Å². The first kappa shape index (κ1) is 14.5. The van der Waals surface area contributed by atoms with E-state index < -0.39 is 0 Å². The van der Waals surface area contributed by atoms with Gasteiger partial charge < -0.3 is 5.32 Å². The summed E-state index contributed by atoms with van der Waals surface area (Å²) in [5.41, 5.74) is 0.900. The minimum absolute atomic E-state index is 0. The zero-order valence-electron chi connectivity index (χ0n) is 9.30. The predicted molar refractivity (Wildman–Crippen MR) is 65.8 cm³/mol. The molecule has 2 saturated heterocycles. The normalized spacial score (nSPS) is 28.5. The van der Waals surface area contributed by atoms with Crippen molar-refractivity contribution < 1.29 is 0 Å². The Morgan fingerprint density at radius 3 is 1.93 bits per heavy atom. The quantitative estimate of drug-likeness (QED) is 0.756. The summed E-state index contributed by atoms with van der Waals surface area (Å²) >= 11 is 0. The Morgan fingerprint density at radius 1 is 1.07 bits per heavy atom. The molecule has 2 aliphatic heterocycles. The molecule has 2 fully saturated rings. The molecule has 0 radical (unpaired) electrons. The Balaban J connectivity index is 0.000000845. The van der Waals surface area contributed by atoms with Gasteiger partial charge in [0.15, 0.2) is 0 Å². The second-order valence-electron chi connectivity index (χ2n) is 5.17. The molecule has 1 N–H and O–H groups in total. The number of nitrogens with zero attached hydrogens (tertiary/aromatic N) is 1. The van der Waals surface area contributed by atoms with Crippen molar-refractivity contribution in [3.8, 4) is 0 Å². The highest BCUT2D eigenvalue weighted by Gasteiger charge is 2.46. The molecule has 0 unspecified atom stereocenters. The molecule has 14 heavy (non-hydrogen) atoms. The van der Waals surface area contributed by atoms with E-state index >= 15 is 0 Å². The van der Waals surface area contributed by atoms with Crippen LogP contribution in [0.1, 0.15) is 33.6 Å². The fourth-order valence-electron chi connectivity index (χ4n) is 2.79. The van der Waals surface area contributed by atoms with Crippen LogP contribution in [0.25, 0.3) is 0 Å². The summed E-state index contributed by atoms with van der Waals surface area (Å²) in [6, 6.07) is 0. The monoisotopic (exact) mass is 240 g/mol. The predicted octanol–water partition coefficient (Wildman–Crippen LogP) is 2.07. The zero-order chi connectivity index (χ0) is 8.82. The van der Waals surface area contributed by atoms with E-state index in [2.05, 4.69) is 31.0 Å². The van der Waals surface area contributed by atoms with Crippen LogP contribution in [-0.4, -0.2) is 35.6 Å². The second kappa shape index (κ2) is 4.56. The SMILES string of the molecule is CC1(C)CCCN1C1(C)CNC1.Cl.Cl. The first-order valence-corrected chi connectivity index (χ1v) is 5.03. The molecule has 0 spiro atoms. The Kier molecular flexibility index (Phi) is 4.73. The first-order valence-electron chi connectivity index (χ1n) is 5.03. The van der Waals surface area contributed by atoms with Gasteiger partial charge >= 0.3 is 0 Å². The van der Waals surface area contributed by atoms with Gasteiger partial charge in [-0.15, -0.1) is 24.8 Å². The van der Waals surface area contributed by atoms with Gasteiger partial charge in [0, 0.05) is 24.2 Å². The number of nitrogens with one attached hydrogen (secondary N) is 1. The van der Waals surface area contributed by atoms with E-state index in [4.69, 9.17) is 0 Å². The summed E-state index contributed by atoms with van der Waals surface area (Å²) in [4.78, 5) is 2.69. The standard InChI is InChI=1S/C10H20N2.2ClH/c1-9(2)5-4-6-12(9)10(3)7-11-8-10;;/h11H,4-8H2,1-3H3;2*1H. The molecule has 0 saturated carbocycles. The molecule has 0 aromatic carbocycles. The summed E-state index contributed by atoms with van der Waals surface area (Å²) in [7, 11) is 0. The molecule has 0 bridgehead atoms. The van der Waals surface area contributed by atoms with Crippen LogP contribution in [0, 0.1) is 0 Å². The summed E-state index contributed by atoms with van der Waals surface area (Å²) in [6.07, 6.45) is 2.74. The van der Waals surface area contributed by atoms with E-state index in [9.17, 15) is 0 Å². The Labute approximate surface area is 99.6 Å². The maximum Gasteiger partial charge on any atom is 0.0435 e. The molecule has 2 nitrogen and oxygen atoms in total. The topological polar surface area (TPSA) is 15.3 Å². The van der Waals surface area contributed by atoms with Crippen LogP contribution in [0.5, 0.6) is 0 Å². The number of hydrogen-bond donors (Lipinski definition) is 1. The van der Waals surface area contributed by atoms with Crippen LogP contribution in [0.4, 0.5) is 0 Å². The van der Waals surface area contributed by atoms with Gasteiger partial charge in [0.25, 0.3) is 0 Å². The van der Waals surface area contributed by atoms with Crippen LogP contribution in [0.15, 0.2) is 0 Å². The van der Waals surface area contributed by atoms with Crippen molar-refractivity contribution in [2.24, 2.45) is 0 Å². The minimum Gasteiger partial charge on any atom is -0.313 e. The van der Waals surface area contributed by atoms with Crippen molar-refractivity contribution in [2.45, 2.75) is 44.7 Å². The van der Waals surface area contributed by atoms with Crippen LogP contribution in [0.3, 0.4) is 0 Å². The Bertz CT molecular complexity index is 191. The minimum atomic E-state index is 0. The lowest BCUT2D eigenvalue weighted by Crippen LogP contribution is -2.69. The summed E-state index contributed by atoms with van der Waals surface area (Å²) in [5, 5.41) is 3.37. The lowest BCUT2D eigenvalue weighted by molar-refractivity contribution is 0.00499. The van der Waals surface area contributed by atoms with Crippen molar-refractivity contribution in [3.05, 3.63) is 0 Å². The second-order valence-corrected chi connectivity index (χ2v) is 5.17. The fraction of sp³-hybridized carbons (Fsp3) is 1.00. The van der Waals surface area contributed by atoms with E-state index in [0.29, 0.717) is 11.1 Å². The molecule has 0 atom stereocenters. The van der Waals surface area contributed by atoms with Crippen LogP contribution in [-0.2, 0) is 0 Å². The highest BCUT2D eigenvalue weighted by Crippen LogP contribution is 2.36. The average molecular weight is 241 g/mol. The van der Waals surface area contributed by atoms with Crippen molar-refractivity contribution in [1.29, 1.82) is 0 Å². The van der Waals surface area contributed by atoms with Gasteiger partial charge in [-0.3, -0.25) is 4.90 Å². The van der Waals surface area contributed by atoms with Crippen LogP contribution < -0.4 is 5.32 Å². The third-order valence-corrected chi connectivity index (χ3v) is 3.56. The molecule has 4 heteroatoms. The Morgan fingerprint density at radius 2 is 1.64 bits per heavy atom. The third kappa shape index (κ3) is 2.19. The number of halogens is 2. The first-order chi connectivity index (χ1) is 5.55. The van der Waals surface area contributed by atoms with E-state index in [1.165, 1.54) is 32.5 Å². The lowest BCUT2D eigenvalue weighted by atomic mass is 9.88. The fourth-order valence-corrected chi connectivity index (χ4v) is 2.79. The van der Waals surface area contributed by atoms with Gasteiger partial charge in [0.1, 0.15) is 0 Å². The van der Waals surface area contributed by atoms with Gasteiger partial charge in [0.2, 0.25) is 0 Å². The number of rotatable bonds is 1. The molecule has 0 aliphatic carbocycles. The average Bonchev–Trinajstić information content (AvgIpc) is 2.25. The van der Waals surface area contributed by atoms with E-state index in [1.807, 2.05) is 0 Å². The molecular formula is C10H22Cl2N2. The maximum atomic E-state index is 3.37. The maximum absolute atomic E-state index is 3.37. The van der Waals surface area contributed by atoms with E-state index in [0.717, 1.165) is 0 Å². The molecule has 2 rings (SSSR count). The molecular weight excluding hydrogens is 219 g/mol. The van der Waals surface area contributed by atoms with E-state index in [1.54, 1.807) is 0 Å². The van der Waals surface area contributed by atoms with E-state index in [-0.39, 0.29) is 24.8 Å². The Hall–Kier alpha value is 0.500. The molecule has 0 aromatic rings. The molecule has 0 amide bonds. The van der Waals surface area contributed by atoms with Crippen molar-refractivity contribution in [3.63, 3.8) is 0 Å². The highest BCUT2D eigenvalue weighted by molar-refractivity contribution is 5.85. The molecule has 2 heterocycles. The molecule has 0 aromatic heterocycles. The smallest absolute Gasteiger partial charge is 0.0435 e. The molecule has 2 aliphatic rings. The van der Waals surface area contributed by atoms with Crippen molar-refractivity contribution in [2.75, 3.05) is 19.6 Å². The molecule has 86 valence electrons. The van der Waals surface area contributed by atoms with Gasteiger partial charge in [0.05, 0.1) is 0 Å². The summed E-state index contributed by atoms with van der Waals surface area (Å²) in [5.74, 6) is 0. The van der Waals surface area contributed by atoms with Gasteiger partial charge in [-0.1, -0.05) is 0 Å². The highest BCUT2D eigenvalue weighted by atomic mass is 35.5. The number of hydrogen-bond acceptors (Lipinski definition) is 2. The number of likely N-dealkylation sites (tertiary alicyclic amines) is 1.